The van der Waals surface area contributed by atoms with Crippen LogP contribution in [-0.2, 0) is 0 Å². The zero-order chi connectivity index (χ0) is 16.5. The van der Waals surface area contributed by atoms with Gasteiger partial charge < -0.3 is 8.83 Å². The number of rotatable bonds is 2. The standard InChI is InChI=1S/C20H12O4/c21-19-13(11-23-17-7-3-1-5-15(17)19)9-10-14-12-24-18-8-4-2-6-16(18)20(14)22/h1-12H/b10-9+. The van der Waals surface area contributed by atoms with Crippen LogP contribution in [0.1, 0.15) is 11.1 Å². The molecule has 116 valence electrons. The van der Waals surface area contributed by atoms with Gasteiger partial charge in [0.25, 0.3) is 0 Å². The van der Waals surface area contributed by atoms with E-state index in [1.807, 2.05) is 0 Å². The molecular formula is C20H12O4. The van der Waals surface area contributed by atoms with Crippen molar-refractivity contribution in [3.63, 3.8) is 0 Å². The molecule has 0 fully saturated rings. The number of para-hydroxylation sites is 2. The summed E-state index contributed by atoms with van der Waals surface area (Å²) >= 11 is 0. The lowest BCUT2D eigenvalue weighted by Crippen LogP contribution is -2.06. The smallest absolute Gasteiger partial charge is 0.199 e. The van der Waals surface area contributed by atoms with E-state index in [1.54, 1.807) is 60.7 Å². The summed E-state index contributed by atoms with van der Waals surface area (Å²) in [6.07, 6.45) is 5.92. The average molecular weight is 316 g/mol. The van der Waals surface area contributed by atoms with Gasteiger partial charge in [-0.3, -0.25) is 9.59 Å². The lowest BCUT2D eigenvalue weighted by Gasteiger charge is -1.99. The van der Waals surface area contributed by atoms with E-state index in [1.165, 1.54) is 12.5 Å². The van der Waals surface area contributed by atoms with Crippen molar-refractivity contribution in [2.45, 2.75) is 0 Å². The third-order valence-electron chi connectivity index (χ3n) is 3.86. The first-order valence-electron chi connectivity index (χ1n) is 7.43. The van der Waals surface area contributed by atoms with E-state index < -0.39 is 0 Å². The molecule has 24 heavy (non-hydrogen) atoms. The monoisotopic (exact) mass is 316 g/mol. The highest BCUT2D eigenvalue weighted by Crippen LogP contribution is 2.14. The van der Waals surface area contributed by atoms with Gasteiger partial charge >= 0.3 is 0 Å². The Kier molecular flexibility index (Phi) is 3.35. The van der Waals surface area contributed by atoms with Gasteiger partial charge in [-0.05, 0) is 36.4 Å². The van der Waals surface area contributed by atoms with Crippen molar-refractivity contribution >= 4 is 34.1 Å². The molecule has 0 aliphatic rings. The topological polar surface area (TPSA) is 60.4 Å². The zero-order valence-corrected chi connectivity index (χ0v) is 12.6. The summed E-state index contributed by atoms with van der Waals surface area (Å²) in [6, 6.07) is 14.1. The molecular weight excluding hydrogens is 304 g/mol. The SMILES string of the molecule is O=c1c(/C=C/c2coc3ccccc3c2=O)coc2ccccc12. The molecule has 0 amide bonds. The summed E-state index contributed by atoms with van der Waals surface area (Å²) in [5, 5.41) is 1.01. The fourth-order valence-electron chi connectivity index (χ4n) is 2.60. The van der Waals surface area contributed by atoms with Crippen LogP contribution in [0.25, 0.3) is 34.1 Å². The summed E-state index contributed by atoms with van der Waals surface area (Å²) in [6.45, 7) is 0. The number of benzene rings is 2. The van der Waals surface area contributed by atoms with Crippen molar-refractivity contribution in [2.75, 3.05) is 0 Å². The normalized spacial score (nSPS) is 11.5. The summed E-state index contributed by atoms with van der Waals surface area (Å²) in [7, 11) is 0. The molecule has 0 spiro atoms. The molecule has 2 heterocycles. The summed E-state index contributed by atoms with van der Waals surface area (Å²) in [5.74, 6) is 0. The molecule has 0 unspecified atom stereocenters. The first-order valence-corrected chi connectivity index (χ1v) is 7.43. The van der Waals surface area contributed by atoms with Crippen molar-refractivity contribution in [3.05, 3.63) is 92.6 Å². The highest BCUT2D eigenvalue weighted by molar-refractivity contribution is 5.82. The maximum absolute atomic E-state index is 12.4. The third-order valence-corrected chi connectivity index (χ3v) is 3.86. The molecule has 2 aromatic heterocycles. The fraction of sp³-hybridized carbons (Fsp3) is 0. The van der Waals surface area contributed by atoms with Gasteiger partial charge in [-0.1, -0.05) is 24.3 Å². The average Bonchev–Trinajstić information content (AvgIpc) is 2.63. The Morgan fingerprint density at radius 3 is 1.50 bits per heavy atom. The second-order valence-electron chi connectivity index (χ2n) is 5.37. The zero-order valence-electron chi connectivity index (χ0n) is 12.6. The Morgan fingerprint density at radius 1 is 0.625 bits per heavy atom. The van der Waals surface area contributed by atoms with Crippen LogP contribution in [0.2, 0.25) is 0 Å². The molecule has 0 radical (unpaired) electrons. The van der Waals surface area contributed by atoms with Gasteiger partial charge in [0.2, 0.25) is 0 Å². The second kappa shape index (κ2) is 5.66. The summed E-state index contributed by atoms with van der Waals surface area (Å²) in [5.41, 5.74) is 1.54. The van der Waals surface area contributed by atoms with Crippen LogP contribution in [0.5, 0.6) is 0 Å². The quantitative estimate of drug-likeness (QED) is 0.559. The molecule has 4 aromatic rings. The summed E-state index contributed by atoms with van der Waals surface area (Å²) in [4.78, 5) is 24.9. The van der Waals surface area contributed by atoms with Crippen LogP contribution in [0.3, 0.4) is 0 Å². The maximum atomic E-state index is 12.4. The maximum Gasteiger partial charge on any atom is 0.199 e. The molecule has 4 nitrogen and oxygen atoms in total. The van der Waals surface area contributed by atoms with Crippen molar-refractivity contribution in [2.24, 2.45) is 0 Å². The van der Waals surface area contributed by atoms with Crippen LogP contribution in [0, 0.1) is 0 Å². The Labute approximate surface area is 136 Å². The minimum absolute atomic E-state index is 0.140. The lowest BCUT2D eigenvalue weighted by atomic mass is 10.1. The fourth-order valence-corrected chi connectivity index (χ4v) is 2.60. The number of hydrogen-bond donors (Lipinski definition) is 0. The van der Waals surface area contributed by atoms with E-state index in [0.29, 0.717) is 33.1 Å². The Balaban J connectivity index is 1.81. The highest BCUT2D eigenvalue weighted by atomic mass is 16.3. The first kappa shape index (κ1) is 14.2. The largest absolute Gasteiger partial charge is 0.463 e. The lowest BCUT2D eigenvalue weighted by molar-refractivity contribution is 0.600. The van der Waals surface area contributed by atoms with Crippen LogP contribution in [0.4, 0.5) is 0 Å². The van der Waals surface area contributed by atoms with E-state index in [4.69, 9.17) is 8.83 Å². The first-order chi connectivity index (χ1) is 11.7. The van der Waals surface area contributed by atoms with Gasteiger partial charge in [0.15, 0.2) is 10.9 Å². The Hall–Kier alpha value is -3.40. The van der Waals surface area contributed by atoms with E-state index in [2.05, 4.69) is 0 Å². The van der Waals surface area contributed by atoms with Crippen molar-refractivity contribution in [1.82, 2.24) is 0 Å². The predicted molar refractivity (Wildman–Crippen MR) is 93.9 cm³/mol. The third kappa shape index (κ3) is 2.34. The van der Waals surface area contributed by atoms with Crippen LogP contribution < -0.4 is 10.9 Å². The van der Waals surface area contributed by atoms with Crippen molar-refractivity contribution in [1.29, 1.82) is 0 Å². The van der Waals surface area contributed by atoms with E-state index in [-0.39, 0.29) is 10.9 Å². The van der Waals surface area contributed by atoms with E-state index >= 15 is 0 Å². The minimum atomic E-state index is -0.140. The minimum Gasteiger partial charge on any atom is -0.463 e. The molecule has 4 rings (SSSR count). The molecule has 2 aromatic carbocycles. The Bertz CT molecular complexity index is 1100. The molecule has 0 bridgehead atoms. The molecule has 0 saturated heterocycles. The van der Waals surface area contributed by atoms with Gasteiger partial charge in [0, 0.05) is 0 Å². The molecule has 0 aliphatic heterocycles. The van der Waals surface area contributed by atoms with Gasteiger partial charge in [0.05, 0.1) is 21.9 Å². The molecule has 0 aliphatic carbocycles. The predicted octanol–water partition coefficient (Wildman–Crippen LogP) is 4.07. The van der Waals surface area contributed by atoms with E-state index in [9.17, 15) is 9.59 Å². The number of hydrogen-bond acceptors (Lipinski definition) is 4. The van der Waals surface area contributed by atoms with Crippen LogP contribution >= 0.6 is 0 Å². The molecule has 0 atom stereocenters. The van der Waals surface area contributed by atoms with E-state index in [0.717, 1.165) is 0 Å². The van der Waals surface area contributed by atoms with Gasteiger partial charge in [-0.2, -0.15) is 0 Å². The van der Waals surface area contributed by atoms with Gasteiger partial charge in [-0.25, -0.2) is 0 Å². The highest BCUT2D eigenvalue weighted by Gasteiger charge is 2.06. The number of fused-ring (bicyclic) bond motifs is 2. The molecule has 0 saturated carbocycles. The molecule has 4 heteroatoms. The molecule has 0 N–H and O–H groups in total. The van der Waals surface area contributed by atoms with Crippen LogP contribution in [-0.4, -0.2) is 0 Å². The van der Waals surface area contributed by atoms with Gasteiger partial charge in [0.1, 0.15) is 23.7 Å². The van der Waals surface area contributed by atoms with Gasteiger partial charge in [-0.15, -0.1) is 0 Å². The summed E-state index contributed by atoms with van der Waals surface area (Å²) < 4.78 is 10.9. The van der Waals surface area contributed by atoms with Crippen molar-refractivity contribution < 1.29 is 8.83 Å². The second-order valence-corrected chi connectivity index (χ2v) is 5.37. The van der Waals surface area contributed by atoms with Crippen molar-refractivity contribution in [3.8, 4) is 0 Å². The van der Waals surface area contributed by atoms with Crippen LogP contribution in [0.15, 0.2) is 79.5 Å². The Morgan fingerprint density at radius 2 is 1.04 bits per heavy atom.